The largest absolute Gasteiger partial charge is 0.329 e. The van der Waals surface area contributed by atoms with Crippen LogP contribution in [-0.2, 0) is 0 Å². The van der Waals surface area contributed by atoms with E-state index >= 15 is 0 Å². The first-order valence-electron chi connectivity index (χ1n) is 8.53. The summed E-state index contributed by atoms with van der Waals surface area (Å²) in [5.41, 5.74) is 6.56. The highest BCUT2D eigenvalue weighted by Gasteiger charge is 2.39. The summed E-state index contributed by atoms with van der Waals surface area (Å²) < 4.78 is 0. The molecule has 1 fully saturated rings. The molecule has 0 aromatic carbocycles. The Labute approximate surface area is 121 Å². The van der Waals surface area contributed by atoms with Crippen molar-refractivity contribution in [3.63, 3.8) is 0 Å². The number of rotatable bonds is 8. The molecule has 0 spiro atoms. The molecule has 1 aliphatic rings. The highest BCUT2D eigenvalue weighted by Crippen LogP contribution is 2.39. The van der Waals surface area contributed by atoms with Crippen LogP contribution < -0.4 is 5.73 Å². The standard InChI is InChI=1S/C17H36N2/c1-5-10-19(11-6-2)17(14-18)9-7-8-16(13-17)12-15(3)4/h15-16H,5-14,18H2,1-4H3. The van der Waals surface area contributed by atoms with Gasteiger partial charge in [0.1, 0.15) is 0 Å². The second kappa shape index (κ2) is 8.26. The average Bonchev–Trinajstić information content (AvgIpc) is 2.38. The summed E-state index contributed by atoms with van der Waals surface area (Å²) in [5.74, 6) is 1.72. The molecule has 0 saturated heterocycles. The molecular formula is C17H36N2. The number of nitrogens with two attached hydrogens (primary N) is 1. The fourth-order valence-corrected chi connectivity index (χ4v) is 4.06. The summed E-state index contributed by atoms with van der Waals surface area (Å²) in [7, 11) is 0. The molecule has 2 unspecified atom stereocenters. The summed E-state index contributed by atoms with van der Waals surface area (Å²) in [6.45, 7) is 12.6. The Bertz CT molecular complexity index is 233. The minimum Gasteiger partial charge on any atom is -0.329 e. The van der Waals surface area contributed by atoms with Crippen LogP contribution in [0.25, 0.3) is 0 Å². The number of hydrogen-bond donors (Lipinski definition) is 1. The molecule has 2 N–H and O–H groups in total. The lowest BCUT2D eigenvalue weighted by molar-refractivity contribution is 0.0310. The SMILES string of the molecule is CCCN(CCC)C1(CN)CCCC(CC(C)C)C1. The first-order chi connectivity index (χ1) is 9.07. The third-order valence-electron chi connectivity index (χ3n) is 4.77. The molecular weight excluding hydrogens is 232 g/mol. The maximum atomic E-state index is 6.25. The first kappa shape index (κ1) is 17.0. The fraction of sp³-hybridized carbons (Fsp3) is 1.00. The maximum Gasteiger partial charge on any atom is 0.0334 e. The molecule has 2 heteroatoms. The van der Waals surface area contributed by atoms with Crippen molar-refractivity contribution in [3.05, 3.63) is 0 Å². The fourth-order valence-electron chi connectivity index (χ4n) is 4.06. The summed E-state index contributed by atoms with van der Waals surface area (Å²) in [5, 5.41) is 0. The van der Waals surface area contributed by atoms with Crippen LogP contribution in [-0.4, -0.2) is 30.1 Å². The summed E-state index contributed by atoms with van der Waals surface area (Å²) in [4.78, 5) is 2.72. The Hall–Kier alpha value is -0.0800. The zero-order chi connectivity index (χ0) is 14.3. The van der Waals surface area contributed by atoms with Crippen LogP contribution in [0.3, 0.4) is 0 Å². The second-order valence-electron chi connectivity index (χ2n) is 7.01. The lowest BCUT2D eigenvalue weighted by Crippen LogP contribution is -2.56. The van der Waals surface area contributed by atoms with Gasteiger partial charge in [0.15, 0.2) is 0 Å². The van der Waals surface area contributed by atoms with Gasteiger partial charge in [-0.05, 0) is 57.0 Å². The van der Waals surface area contributed by atoms with Crippen LogP contribution in [0.1, 0.15) is 72.6 Å². The Morgan fingerprint density at radius 1 is 1.21 bits per heavy atom. The minimum atomic E-state index is 0.309. The molecule has 2 nitrogen and oxygen atoms in total. The van der Waals surface area contributed by atoms with Crippen molar-refractivity contribution in [2.24, 2.45) is 17.6 Å². The van der Waals surface area contributed by atoms with E-state index < -0.39 is 0 Å². The maximum absolute atomic E-state index is 6.25. The molecule has 0 aliphatic heterocycles. The smallest absolute Gasteiger partial charge is 0.0334 e. The van der Waals surface area contributed by atoms with Gasteiger partial charge in [-0.1, -0.05) is 40.5 Å². The monoisotopic (exact) mass is 268 g/mol. The van der Waals surface area contributed by atoms with E-state index in [2.05, 4.69) is 32.6 Å². The number of nitrogens with zero attached hydrogens (tertiary/aromatic N) is 1. The van der Waals surface area contributed by atoms with Gasteiger partial charge >= 0.3 is 0 Å². The Kier molecular flexibility index (Phi) is 7.38. The third-order valence-corrected chi connectivity index (χ3v) is 4.77. The molecule has 1 aliphatic carbocycles. The van der Waals surface area contributed by atoms with E-state index in [9.17, 15) is 0 Å². The topological polar surface area (TPSA) is 29.3 Å². The van der Waals surface area contributed by atoms with E-state index in [4.69, 9.17) is 5.73 Å². The molecule has 1 saturated carbocycles. The van der Waals surface area contributed by atoms with Gasteiger partial charge in [-0.2, -0.15) is 0 Å². The van der Waals surface area contributed by atoms with Crippen molar-refractivity contribution in [1.82, 2.24) is 4.90 Å². The van der Waals surface area contributed by atoms with Gasteiger partial charge in [-0.3, -0.25) is 4.90 Å². The van der Waals surface area contributed by atoms with E-state index in [1.807, 2.05) is 0 Å². The van der Waals surface area contributed by atoms with Crippen LogP contribution >= 0.6 is 0 Å². The molecule has 0 amide bonds. The quantitative estimate of drug-likeness (QED) is 0.720. The van der Waals surface area contributed by atoms with Crippen molar-refractivity contribution in [3.8, 4) is 0 Å². The lowest BCUT2D eigenvalue weighted by Gasteiger charge is -2.48. The van der Waals surface area contributed by atoms with Crippen LogP contribution in [0.15, 0.2) is 0 Å². The van der Waals surface area contributed by atoms with Crippen LogP contribution in [0.5, 0.6) is 0 Å². The van der Waals surface area contributed by atoms with E-state index in [0.29, 0.717) is 5.54 Å². The van der Waals surface area contributed by atoms with Crippen LogP contribution in [0, 0.1) is 11.8 Å². The van der Waals surface area contributed by atoms with Crippen molar-refractivity contribution in [2.45, 2.75) is 78.2 Å². The zero-order valence-corrected chi connectivity index (χ0v) is 13.8. The summed E-state index contributed by atoms with van der Waals surface area (Å²) >= 11 is 0. The molecule has 0 aromatic rings. The Balaban J connectivity index is 2.75. The molecule has 1 rings (SSSR count). The van der Waals surface area contributed by atoms with Crippen molar-refractivity contribution >= 4 is 0 Å². The first-order valence-corrected chi connectivity index (χ1v) is 8.53. The van der Waals surface area contributed by atoms with Gasteiger partial charge in [0.25, 0.3) is 0 Å². The average molecular weight is 268 g/mol. The summed E-state index contributed by atoms with van der Waals surface area (Å²) in [6, 6.07) is 0. The van der Waals surface area contributed by atoms with Crippen molar-refractivity contribution < 1.29 is 0 Å². The van der Waals surface area contributed by atoms with Gasteiger partial charge in [0.2, 0.25) is 0 Å². The van der Waals surface area contributed by atoms with Crippen LogP contribution in [0.2, 0.25) is 0 Å². The van der Waals surface area contributed by atoms with Gasteiger partial charge < -0.3 is 5.73 Å². The van der Waals surface area contributed by atoms with Gasteiger partial charge in [0.05, 0.1) is 0 Å². The molecule has 0 aromatic heterocycles. The Morgan fingerprint density at radius 2 is 1.84 bits per heavy atom. The van der Waals surface area contributed by atoms with Crippen molar-refractivity contribution in [2.75, 3.05) is 19.6 Å². The van der Waals surface area contributed by atoms with E-state index in [0.717, 1.165) is 18.4 Å². The normalized spacial score (nSPS) is 28.3. The molecule has 2 atom stereocenters. The van der Waals surface area contributed by atoms with E-state index in [1.165, 1.54) is 58.0 Å². The molecule has 0 heterocycles. The van der Waals surface area contributed by atoms with Gasteiger partial charge in [-0.25, -0.2) is 0 Å². The highest BCUT2D eigenvalue weighted by molar-refractivity contribution is 4.96. The van der Waals surface area contributed by atoms with Gasteiger partial charge in [-0.15, -0.1) is 0 Å². The predicted molar refractivity (Wildman–Crippen MR) is 85.4 cm³/mol. The molecule has 114 valence electrons. The lowest BCUT2D eigenvalue weighted by atomic mass is 9.72. The number of hydrogen-bond acceptors (Lipinski definition) is 2. The van der Waals surface area contributed by atoms with E-state index in [-0.39, 0.29) is 0 Å². The van der Waals surface area contributed by atoms with Gasteiger partial charge in [0, 0.05) is 12.1 Å². The zero-order valence-electron chi connectivity index (χ0n) is 13.8. The molecule has 19 heavy (non-hydrogen) atoms. The van der Waals surface area contributed by atoms with Crippen LogP contribution in [0.4, 0.5) is 0 Å². The minimum absolute atomic E-state index is 0.309. The van der Waals surface area contributed by atoms with E-state index in [1.54, 1.807) is 0 Å². The second-order valence-corrected chi connectivity index (χ2v) is 7.01. The predicted octanol–water partition coefficient (Wildman–Crippen LogP) is 4.04. The Morgan fingerprint density at radius 3 is 2.32 bits per heavy atom. The van der Waals surface area contributed by atoms with Crippen molar-refractivity contribution in [1.29, 1.82) is 0 Å². The molecule has 0 radical (unpaired) electrons. The molecule has 0 bridgehead atoms. The summed E-state index contributed by atoms with van der Waals surface area (Å²) in [6.07, 6.45) is 9.32. The third kappa shape index (κ3) is 4.75. The highest BCUT2D eigenvalue weighted by atomic mass is 15.2.